The van der Waals surface area contributed by atoms with Crippen LogP contribution in [-0.2, 0) is 6.42 Å². The zero-order valence-corrected chi connectivity index (χ0v) is 9.74. The van der Waals surface area contributed by atoms with E-state index in [9.17, 15) is 5.11 Å². The van der Waals surface area contributed by atoms with Gasteiger partial charge >= 0.3 is 0 Å². The van der Waals surface area contributed by atoms with Crippen molar-refractivity contribution in [3.8, 4) is 0 Å². The van der Waals surface area contributed by atoms with Gasteiger partial charge in [0.15, 0.2) is 0 Å². The summed E-state index contributed by atoms with van der Waals surface area (Å²) >= 11 is 3.38. The van der Waals surface area contributed by atoms with Gasteiger partial charge in [0.2, 0.25) is 0 Å². The number of hydrogen-bond donors (Lipinski definition) is 2. The zero-order chi connectivity index (χ0) is 10.7. The first-order valence-electron chi connectivity index (χ1n) is 4.81. The predicted octanol–water partition coefficient (Wildman–Crippen LogP) is 3.05. The number of rotatable bonds is 3. The van der Waals surface area contributed by atoms with Gasteiger partial charge in [0.1, 0.15) is 0 Å². The molecule has 0 aliphatic carbocycles. The van der Waals surface area contributed by atoms with Crippen molar-refractivity contribution in [1.82, 2.24) is 4.98 Å². The average Bonchev–Trinajstić information content (AvgIpc) is 2.74. The van der Waals surface area contributed by atoms with Crippen LogP contribution in [0.25, 0.3) is 0 Å². The van der Waals surface area contributed by atoms with Gasteiger partial charge in [-0.2, -0.15) is 0 Å². The lowest BCUT2D eigenvalue weighted by Gasteiger charge is -2.08. The number of halogens is 1. The van der Waals surface area contributed by atoms with E-state index in [0.29, 0.717) is 6.42 Å². The van der Waals surface area contributed by atoms with Gasteiger partial charge in [0, 0.05) is 22.8 Å². The van der Waals surface area contributed by atoms with E-state index >= 15 is 0 Å². The van der Waals surface area contributed by atoms with Crippen LogP contribution in [0.15, 0.2) is 47.1 Å². The fourth-order valence-electron chi connectivity index (χ4n) is 1.51. The third kappa shape index (κ3) is 2.70. The molecule has 0 saturated heterocycles. The SMILES string of the molecule is OC(Cc1ccc(Br)cc1)c1ccc[nH]1. The molecule has 1 aromatic heterocycles. The quantitative estimate of drug-likeness (QED) is 0.880. The minimum atomic E-state index is -0.457. The monoisotopic (exact) mass is 265 g/mol. The molecule has 1 heterocycles. The molecule has 2 rings (SSSR count). The lowest BCUT2D eigenvalue weighted by Crippen LogP contribution is -2.01. The average molecular weight is 266 g/mol. The minimum Gasteiger partial charge on any atom is -0.387 e. The number of H-pyrrole nitrogens is 1. The van der Waals surface area contributed by atoms with Crippen molar-refractivity contribution in [2.24, 2.45) is 0 Å². The Morgan fingerprint density at radius 2 is 1.93 bits per heavy atom. The molecule has 0 aliphatic rings. The summed E-state index contributed by atoms with van der Waals surface area (Å²) in [6.45, 7) is 0. The fourth-order valence-corrected chi connectivity index (χ4v) is 1.77. The largest absolute Gasteiger partial charge is 0.387 e. The summed E-state index contributed by atoms with van der Waals surface area (Å²) in [5, 5.41) is 9.89. The number of aliphatic hydroxyl groups is 1. The van der Waals surface area contributed by atoms with Crippen molar-refractivity contribution in [2.75, 3.05) is 0 Å². The van der Waals surface area contributed by atoms with Crippen LogP contribution in [0, 0.1) is 0 Å². The van der Waals surface area contributed by atoms with E-state index in [1.807, 2.05) is 42.6 Å². The number of benzene rings is 1. The molecule has 0 saturated carbocycles. The van der Waals surface area contributed by atoms with Crippen LogP contribution < -0.4 is 0 Å². The van der Waals surface area contributed by atoms with Gasteiger partial charge in [-0.15, -0.1) is 0 Å². The van der Waals surface area contributed by atoms with E-state index in [0.717, 1.165) is 15.7 Å². The summed E-state index contributed by atoms with van der Waals surface area (Å²) in [6, 6.07) is 11.8. The van der Waals surface area contributed by atoms with E-state index in [2.05, 4.69) is 20.9 Å². The van der Waals surface area contributed by atoms with Gasteiger partial charge in [-0.05, 0) is 29.8 Å². The molecule has 2 nitrogen and oxygen atoms in total. The third-order valence-electron chi connectivity index (χ3n) is 2.32. The summed E-state index contributed by atoms with van der Waals surface area (Å²) < 4.78 is 1.06. The third-order valence-corrected chi connectivity index (χ3v) is 2.85. The molecule has 1 unspecified atom stereocenters. The Kier molecular flexibility index (Phi) is 3.23. The minimum absolute atomic E-state index is 0.457. The number of aliphatic hydroxyl groups excluding tert-OH is 1. The number of nitrogens with one attached hydrogen (secondary N) is 1. The van der Waals surface area contributed by atoms with E-state index < -0.39 is 6.10 Å². The Morgan fingerprint density at radius 3 is 2.53 bits per heavy atom. The van der Waals surface area contributed by atoms with E-state index in [1.54, 1.807) is 0 Å². The van der Waals surface area contributed by atoms with Crippen LogP contribution in [0.3, 0.4) is 0 Å². The van der Waals surface area contributed by atoms with Crippen molar-refractivity contribution >= 4 is 15.9 Å². The maximum Gasteiger partial charge on any atom is 0.0977 e. The second-order valence-electron chi connectivity index (χ2n) is 3.47. The van der Waals surface area contributed by atoms with Crippen LogP contribution >= 0.6 is 15.9 Å². The second-order valence-corrected chi connectivity index (χ2v) is 4.39. The van der Waals surface area contributed by atoms with Gasteiger partial charge in [0.05, 0.1) is 6.10 Å². The number of aromatic nitrogens is 1. The smallest absolute Gasteiger partial charge is 0.0977 e. The van der Waals surface area contributed by atoms with Crippen molar-refractivity contribution in [2.45, 2.75) is 12.5 Å². The summed E-state index contributed by atoms with van der Waals surface area (Å²) in [7, 11) is 0. The lowest BCUT2D eigenvalue weighted by molar-refractivity contribution is 0.174. The molecule has 1 aromatic carbocycles. The molecule has 0 bridgehead atoms. The van der Waals surface area contributed by atoms with Crippen molar-refractivity contribution in [1.29, 1.82) is 0 Å². The molecule has 0 spiro atoms. The number of hydrogen-bond acceptors (Lipinski definition) is 1. The number of aromatic amines is 1. The normalized spacial score (nSPS) is 12.7. The van der Waals surface area contributed by atoms with Gasteiger partial charge in [-0.25, -0.2) is 0 Å². The summed E-state index contributed by atoms with van der Waals surface area (Å²) in [6.07, 6.45) is 2.00. The van der Waals surface area contributed by atoms with Crippen LogP contribution in [0.4, 0.5) is 0 Å². The molecular weight excluding hydrogens is 254 g/mol. The molecule has 1 atom stereocenters. The topological polar surface area (TPSA) is 36.0 Å². The summed E-state index contributed by atoms with van der Waals surface area (Å²) in [5.74, 6) is 0. The zero-order valence-electron chi connectivity index (χ0n) is 8.15. The maximum atomic E-state index is 9.89. The molecule has 0 fully saturated rings. The van der Waals surface area contributed by atoms with E-state index in [-0.39, 0.29) is 0 Å². The van der Waals surface area contributed by atoms with Crippen molar-refractivity contribution in [3.63, 3.8) is 0 Å². The highest BCUT2D eigenvalue weighted by molar-refractivity contribution is 9.10. The van der Waals surface area contributed by atoms with Crippen LogP contribution in [0.5, 0.6) is 0 Å². The maximum absolute atomic E-state index is 9.89. The molecule has 0 radical (unpaired) electrons. The van der Waals surface area contributed by atoms with E-state index in [4.69, 9.17) is 0 Å². The summed E-state index contributed by atoms with van der Waals surface area (Å²) in [5.41, 5.74) is 1.98. The Labute approximate surface area is 97.1 Å². The molecule has 0 aliphatic heterocycles. The Balaban J connectivity index is 2.06. The van der Waals surface area contributed by atoms with Crippen molar-refractivity contribution < 1.29 is 5.11 Å². The Hall–Kier alpha value is -1.06. The van der Waals surface area contributed by atoms with Gasteiger partial charge in [-0.1, -0.05) is 28.1 Å². The molecule has 0 amide bonds. The van der Waals surface area contributed by atoms with Crippen LogP contribution in [0.2, 0.25) is 0 Å². The fraction of sp³-hybridized carbons (Fsp3) is 0.167. The first kappa shape index (κ1) is 10.5. The van der Waals surface area contributed by atoms with E-state index in [1.165, 1.54) is 0 Å². The highest BCUT2D eigenvalue weighted by Gasteiger charge is 2.08. The molecule has 78 valence electrons. The summed E-state index contributed by atoms with van der Waals surface area (Å²) in [4.78, 5) is 3.01. The highest BCUT2D eigenvalue weighted by atomic mass is 79.9. The Morgan fingerprint density at radius 1 is 1.20 bits per heavy atom. The molecule has 3 heteroatoms. The molecule has 15 heavy (non-hydrogen) atoms. The molecular formula is C12H12BrNO. The van der Waals surface area contributed by atoms with Gasteiger partial charge in [-0.3, -0.25) is 0 Å². The van der Waals surface area contributed by atoms with Gasteiger partial charge in [0.25, 0.3) is 0 Å². The standard InChI is InChI=1S/C12H12BrNO/c13-10-5-3-9(4-6-10)8-12(15)11-2-1-7-14-11/h1-7,12,14-15H,8H2. The van der Waals surface area contributed by atoms with Gasteiger partial charge < -0.3 is 10.1 Å². The molecule has 2 N–H and O–H groups in total. The molecule has 2 aromatic rings. The Bertz CT molecular complexity index is 408. The van der Waals surface area contributed by atoms with Crippen LogP contribution in [0.1, 0.15) is 17.4 Å². The first-order valence-corrected chi connectivity index (χ1v) is 5.61. The highest BCUT2D eigenvalue weighted by Crippen LogP contribution is 2.18. The predicted molar refractivity (Wildman–Crippen MR) is 63.6 cm³/mol. The van der Waals surface area contributed by atoms with Crippen LogP contribution in [-0.4, -0.2) is 10.1 Å². The first-order chi connectivity index (χ1) is 7.25. The lowest BCUT2D eigenvalue weighted by atomic mass is 10.1. The second kappa shape index (κ2) is 4.64. The van der Waals surface area contributed by atoms with Crippen molar-refractivity contribution in [3.05, 3.63) is 58.3 Å².